The fraction of sp³-hybridized carbons (Fsp3) is 0.143. The molecule has 3 amide bonds. The Kier molecular flexibility index (Phi) is 9.45. The molecule has 42 heavy (non-hydrogen) atoms. The summed E-state index contributed by atoms with van der Waals surface area (Å²) in [5.74, 6) is -1.31. The zero-order valence-electron chi connectivity index (χ0n) is 22.1. The molecule has 0 unspecified atom stereocenters. The average molecular weight is 612 g/mol. The number of nitro benzene ring substituents is 1. The smallest absolute Gasteiger partial charge is 0.339 e. The molecule has 0 aromatic heterocycles. The Labute approximate surface area is 248 Å². The Morgan fingerprint density at radius 3 is 2.57 bits per heavy atom. The van der Waals surface area contributed by atoms with Crippen molar-refractivity contribution >= 4 is 63.8 Å². The predicted octanol–water partition coefficient (Wildman–Crippen LogP) is 5.30. The maximum Gasteiger partial charge on any atom is 0.339 e. The van der Waals surface area contributed by atoms with Crippen molar-refractivity contribution in [2.24, 2.45) is 0 Å². The standard InChI is InChI=1S/C28H22ClN3O9S/c1-39-23-11-16(6-9-22(23)41-15-17-4-3-5-19(10-17)32(37)38)12-24-26(34)31(28(36)42-24)14-25(33)30-18-7-8-21(29)20(13-18)27(35)40-2/h3-13H,14-15H2,1-2H3,(H,30,33)/b24-12+. The highest BCUT2D eigenvalue weighted by atomic mass is 35.5. The highest BCUT2D eigenvalue weighted by Gasteiger charge is 2.36. The number of non-ortho nitro benzene ring substituents is 1. The molecule has 1 fully saturated rings. The van der Waals surface area contributed by atoms with Gasteiger partial charge >= 0.3 is 5.97 Å². The second kappa shape index (κ2) is 13.2. The molecule has 216 valence electrons. The number of hydrogen-bond acceptors (Lipinski definition) is 10. The van der Waals surface area contributed by atoms with Gasteiger partial charge in [-0.05, 0) is 59.3 Å². The Morgan fingerprint density at radius 1 is 1.07 bits per heavy atom. The number of halogens is 1. The minimum Gasteiger partial charge on any atom is -0.493 e. The molecule has 0 bridgehead atoms. The number of ether oxygens (including phenoxy) is 3. The third-order valence-corrected chi connectivity index (χ3v) is 7.07. The maximum absolute atomic E-state index is 12.9. The van der Waals surface area contributed by atoms with E-state index in [0.29, 0.717) is 34.4 Å². The lowest BCUT2D eigenvalue weighted by Crippen LogP contribution is -2.36. The summed E-state index contributed by atoms with van der Waals surface area (Å²) < 4.78 is 15.8. The molecule has 1 heterocycles. The van der Waals surface area contributed by atoms with Gasteiger partial charge in [0, 0.05) is 17.8 Å². The first-order chi connectivity index (χ1) is 20.1. The van der Waals surface area contributed by atoms with E-state index >= 15 is 0 Å². The third kappa shape index (κ3) is 7.06. The molecule has 1 aliphatic rings. The van der Waals surface area contributed by atoms with E-state index in [9.17, 15) is 29.3 Å². The lowest BCUT2D eigenvalue weighted by atomic mass is 10.1. The molecule has 0 radical (unpaired) electrons. The summed E-state index contributed by atoms with van der Waals surface area (Å²) in [5, 5.41) is 13.0. The molecule has 1 N–H and O–H groups in total. The second-order valence-electron chi connectivity index (χ2n) is 8.63. The van der Waals surface area contributed by atoms with Gasteiger partial charge in [0.05, 0.1) is 34.6 Å². The van der Waals surface area contributed by atoms with Crippen molar-refractivity contribution in [2.45, 2.75) is 6.61 Å². The summed E-state index contributed by atoms with van der Waals surface area (Å²) in [6, 6.07) is 15.1. The van der Waals surface area contributed by atoms with Gasteiger partial charge < -0.3 is 19.5 Å². The molecule has 1 aliphatic heterocycles. The zero-order chi connectivity index (χ0) is 30.4. The number of nitrogens with zero attached hydrogens (tertiary/aromatic N) is 2. The number of nitro groups is 1. The summed E-state index contributed by atoms with van der Waals surface area (Å²) >= 11 is 6.67. The Hall–Kier alpha value is -4.88. The largest absolute Gasteiger partial charge is 0.493 e. The van der Waals surface area contributed by atoms with Gasteiger partial charge in [-0.25, -0.2) is 4.79 Å². The van der Waals surface area contributed by atoms with Gasteiger partial charge in [0.15, 0.2) is 11.5 Å². The van der Waals surface area contributed by atoms with Crippen LogP contribution in [-0.2, 0) is 20.9 Å². The number of methoxy groups -OCH3 is 2. The number of amides is 3. The van der Waals surface area contributed by atoms with Crippen LogP contribution < -0.4 is 14.8 Å². The van der Waals surface area contributed by atoms with E-state index in [1.165, 1.54) is 50.6 Å². The summed E-state index contributed by atoms with van der Waals surface area (Å²) in [6.45, 7) is -0.496. The van der Waals surface area contributed by atoms with Crippen molar-refractivity contribution in [3.05, 3.63) is 97.4 Å². The molecule has 0 atom stereocenters. The SMILES string of the molecule is COC(=O)c1cc(NC(=O)CN2C(=O)S/C(=C/c3ccc(OCc4cccc([N+](=O)[O-])c4)c(OC)c3)C2=O)ccc1Cl. The molecule has 0 saturated carbocycles. The van der Waals surface area contributed by atoms with Crippen molar-refractivity contribution in [2.75, 3.05) is 26.1 Å². The topological polar surface area (TPSA) is 154 Å². The van der Waals surface area contributed by atoms with Gasteiger partial charge in [-0.15, -0.1) is 0 Å². The Morgan fingerprint density at radius 2 is 1.86 bits per heavy atom. The number of imide groups is 1. The molecular formula is C28H22ClN3O9S. The minimum absolute atomic E-state index is 0.0435. The normalized spacial score (nSPS) is 13.7. The molecule has 0 aliphatic carbocycles. The first-order valence-electron chi connectivity index (χ1n) is 12.1. The average Bonchev–Trinajstić information content (AvgIpc) is 3.24. The summed E-state index contributed by atoms with van der Waals surface area (Å²) in [4.78, 5) is 61.3. The Balaban J connectivity index is 1.42. The fourth-order valence-electron chi connectivity index (χ4n) is 3.82. The first kappa shape index (κ1) is 30.1. The number of benzene rings is 3. The van der Waals surface area contributed by atoms with Crippen LogP contribution >= 0.6 is 23.4 Å². The van der Waals surface area contributed by atoms with Crippen molar-refractivity contribution in [1.82, 2.24) is 4.90 Å². The van der Waals surface area contributed by atoms with Crippen LogP contribution in [0.25, 0.3) is 6.08 Å². The van der Waals surface area contributed by atoms with Crippen LogP contribution in [0.4, 0.5) is 16.2 Å². The molecule has 3 aromatic rings. The molecule has 12 nitrogen and oxygen atoms in total. The fourth-order valence-corrected chi connectivity index (χ4v) is 4.85. The lowest BCUT2D eigenvalue weighted by molar-refractivity contribution is -0.384. The van der Waals surface area contributed by atoms with Crippen LogP contribution in [0.15, 0.2) is 65.6 Å². The van der Waals surface area contributed by atoms with E-state index < -0.39 is 34.5 Å². The minimum atomic E-state index is -0.689. The molecule has 0 spiro atoms. The predicted molar refractivity (Wildman–Crippen MR) is 155 cm³/mol. The monoisotopic (exact) mass is 611 g/mol. The van der Waals surface area contributed by atoms with Crippen LogP contribution in [0.2, 0.25) is 5.02 Å². The van der Waals surface area contributed by atoms with Gasteiger partial charge in [0.2, 0.25) is 5.91 Å². The number of anilines is 1. The van der Waals surface area contributed by atoms with Crippen LogP contribution in [0, 0.1) is 10.1 Å². The van der Waals surface area contributed by atoms with Crippen LogP contribution in [-0.4, -0.2) is 53.6 Å². The van der Waals surface area contributed by atoms with Gasteiger partial charge in [-0.3, -0.25) is 29.4 Å². The first-order valence-corrected chi connectivity index (χ1v) is 13.3. The van der Waals surface area contributed by atoms with E-state index in [1.54, 1.807) is 30.3 Å². The highest BCUT2D eigenvalue weighted by Crippen LogP contribution is 2.35. The highest BCUT2D eigenvalue weighted by molar-refractivity contribution is 8.18. The number of nitrogens with one attached hydrogen (secondary N) is 1. The lowest BCUT2D eigenvalue weighted by Gasteiger charge is -2.13. The van der Waals surface area contributed by atoms with Gasteiger partial charge in [-0.1, -0.05) is 29.8 Å². The van der Waals surface area contributed by atoms with Crippen LogP contribution in [0.5, 0.6) is 11.5 Å². The quantitative estimate of drug-likeness (QED) is 0.138. The number of rotatable bonds is 10. The molecule has 1 saturated heterocycles. The van der Waals surface area contributed by atoms with Gasteiger partial charge in [0.1, 0.15) is 13.2 Å². The van der Waals surface area contributed by atoms with Crippen molar-refractivity contribution in [1.29, 1.82) is 0 Å². The third-order valence-electron chi connectivity index (χ3n) is 5.83. The Bertz CT molecular complexity index is 1630. The molecular weight excluding hydrogens is 590 g/mol. The number of carbonyl (C=O) groups is 4. The summed E-state index contributed by atoms with van der Waals surface area (Å²) in [7, 11) is 2.62. The maximum atomic E-state index is 12.9. The van der Waals surface area contributed by atoms with Crippen molar-refractivity contribution < 1.29 is 38.3 Å². The van der Waals surface area contributed by atoms with Gasteiger partial charge in [0.25, 0.3) is 16.8 Å². The second-order valence-corrected chi connectivity index (χ2v) is 10.0. The van der Waals surface area contributed by atoms with E-state index in [2.05, 4.69) is 10.1 Å². The van der Waals surface area contributed by atoms with Crippen LogP contribution in [0.1, 0.15) is 21.5 Å². The van der Waals surface area contributed by atoms with E-state index in [1.807, 2.05) is 0 Å². The number of hydrogen-bond donors (Lipinski definition) is 1. The van der Waals surface area contributed by atoms with Gasteiger partial charge in [-0.2, -0.15) is 0 Å². The van der Waals surface area contributed by atoms with Crippen molar-refractivity contribution in [3.63, 3.8) is 0 Å². The van der Waals surface area contributed by atoms with E-state index in [4.69, 9.17) is 21.1 Å². The zero-order valence-corrected chi connectivity index (χ0v) is 23.7. The number of esters is 1. The van der Waals surface area contributed by atoms with Crippen LogP contribution in [0.3, 0.4) is 0 Å². The number of thioether (sulfide) groups is 1. The number of carbonyl (C=O) groups excluding carboxylic acids is 4. The summed E-state index contributed by atoms with van der Waals surface area (Å²) in [5.41, 5.74) is 1.34. The van der Waals surface area contributed by atoms with E-state index in [0.717, 1.165) is 4.90 Å². The molecule has 14 heteroatoms. The summed E-state index contributed by atoms with van der Waals surface area (Å²) in [6.07, 6.45) is 1.48. The molecule has 4 rings (SSSR count). The molecule has 3 aromatic carbocycles. The van der Waals surface area contributed by atoms with E-state index in [-0.39, 0.29) is 33.5 Å². The van der Waals surface area contributed by atoms with Crippen molar-refractivity contribution in [3.8, 4) is 11.5 Å².